The van der Waals surface area contributed by atoms with E-state index in [4.69, 9.17) is 9.29 Å². The molecule has 1 fully saturated rings. The third-order valence-corrected chi connectivity index (χ3v) is 3.01. The molecule has 2 N–H and O–H groups in total. The van der Waals surface area contributed by atoms with E-state index in [-0.39, 0.29) is 17.8 Å². The molecule has 2 atom stereocenters. The Morgan fingerprint density at radius 3 is 2.85 bits per heavy atom. The molecule has 5 nitrogen and oxygen atoms in total. The highest BCUT2D eigenvalue weighted by Crippen LogP contribution is 2.11. The van der Waals surface area contributed by atoms with Gasteiger partial charge in [-0.15, -0.1) is 0 Å². The van der Waals surface area contributed by atoms with Crippen molar-refractivity contribution < 1.29 is 17.7 Å². The van der Waals surface area contributed by atoms with Gasteiger partial charge in [-0.1, -0.05) is 6.92 Å². The molecule has 2 unspecified atom stereocenters. The van der Waals surface area contributed by atoms with Gasteiger partial charge in [0.25, 0.3) is 10.1 Å². The van der Waals surface area contributed by atoms with Crippen molar-refractivity contribution in [2.75, 3.05) is 25.4 Å². The smallest absolute Gasteiger partial charge is 0.265 e. The fourth-order valence-electron chi connectivity index (χ4n) is 1.39. The molecule has 0 radical (unpaired) electrons. The summed E-state index contributed by atoms with van der Waals surface area (Å²) in [6.07, 6.45) is -0.115. The van der Waals surface area contributed by atoms with Crippen molar-refractivity contribution in [3.05, 3.63) is 0 Å². The lowest BCUT2D eigenvalue weighted by molar-refractivity contribution is 0.000990. The fourth-order valence-corrected chi connectivity index (χ4v) is 2.27. The molecule has 1 rings (SSSR count). The first-order valence-corrected chi connectivity index (χ1v) is 5.87. The van der Waals surface area contributed by atoms with Gasteiger partial charge in [0.2, 0.25) is 0 Å². The van der Waals surface area contributed by atoms with Crippen molar-refractivity contribution in [2.24, 2.45) is 5.92 Å². The van der Waals surface area contributed by atoms with Gasteiger partial charge < -0.3 is 10.1 Å². The maximum atomic E-state index is 10.6. The van der Waals surface area contributed by atoms with E-state index in [0.29, 0.717) is 13.2 Å². The van der Waals surface area contributed by atoms with E-state index >= 15 is 0 Å². The summed E-state index contributed by atoms with van der Waals surface area (Å²) in [7, 11) is -3.88. The average Bonchev–Trinajstić information content (AvgIpc) is 2.03. The van der Waals surface area contributed by atoms with Crippen LogP contribution in [0.3, 0.4) is 0 Å². The second-order valence-electron chi connectivity index (χ2n) is 3.34. The van der Waals surface area contributed by atoms with Crippen LogP contribution in [0.15, 0.2) is 0 Å². The SMILES string of the molecule is CC(CS(=O)(=O)O)C1CNCCO1. The zero-order chi connectivity index (χ0) is 9.90. The Morgan fingerprint density at radius 1 is 1.69 bits per heavy atom. The van der Waals surface area contributed by atoms with Crippen LogP contribution in [-0.2, 0) is 14.9 Å². The monoisotopic (exact) mass is 209 g/mol. The average molecular weight is 209 g/mol. The molecule has 0 saturated carbocycles. The molecule has 0 bridgehead atoms. The van der Waals surface area contributed by atoms with E-state index in [1.165, 1.54) is 0 Å². The minimum absolute atomic E-state index is 0.115. The molecule has 1 aliphatic heterocycles. The third kappa shape index (κ3) is 4.04. The van der Waals surface area contributed by atoms with Crippen molar-refractivity contribution in [2.45, 2.75) is 13.0 Å². The minimum Gasteiger partial charge on any atom is -0.375 e. The second-order valence-corrected chi connectivity index (χ2v) is 4.84. The van der Waals surface area contributed by atoms with Gasteiger partial charge in [0.1, 0.15) is 0 Å². The van der Waals surface area contributed by atoms with Crippen LogP contribution in [0.2, 0.25) is 0 Å². The van der Waals surface area contributed by atoms with E-state index in [1.807, 2.05) is 0 Å². The highest BCUT2D eigenvalue weighted by atomic mass is 32.2. The highest BCUT2D eigenvalue weighted by molar-refractivity contribution is 7.85. The zero-order valence-electron chi connectivity index (χ0n) is 7.56. The van der Waals surface area contributed by atoms with Crippen LogP contribution in [-0.4, -0.2) is 44.5 Å². The predicted molar refractivity (Wildman–Crippen MR) is 48.2 cm³/mol. The van der Waals surface area contributed by atoms with Crippen LogP contribution in [0.5, 0.6) is 0 Å². The van der Waals surface area contributed by atoms with Gasteiger partial charge in [0.15, 0.2) is 0 Å². The second kappa shape index (κ2) is 4.36. The molecule has 0 amide bonds. The first-order chi connectivity index (χ1) is 5.99. The first-order valence-electron chi connectivity index (χ1n) is 4.26. The summed E-state index contributed by atoms with van der Waals surface area (Å²) in [4.78, 5) is 0. The molecule has 78 valence electrons. The Labute approximate surface area is 78.2 Å². The van der Waals surface area contributed by atoms with Crippen molar-refractivity contribution in [1.29, 1.82) is 0 Å². The van der Waals surface area contributed by atoms with Gasteiger partial charge in [-0.2, -0.15) is 8.42 Å². The lowest BCUT2D eigenvalue weighted by atomic mass is 10.1. The quantitative estimate of drug-likeness (QED) is 0.613. The van der Waals surface area contributed by atoms with Gasteiger partial charge in [-0.05, 0) is 5.92 Å². The number of morpholine rings is 1. The summed E-state index contributed by atoms with van der Waals surface area (Å²) in [6.45, 7) is 3.80. The zero-order valence-corrected chi connectivity index (χ0v) is 8.38. The maximum absolute atomic E-state index is 10.6. The number of nitrogens with one attached hydrogen (secondary N) is 1. The molecule has 0 spiro atoms. The summed E-state index contributed by atoms with van der Waals surface area (Å²) in [5.41, 5.74) is 0. The predicted octanol–water partition coefficient (Wildman–Crippen LogP) is -0.501. The number of hydrogen-bond donors (Lipinski definition) is 2. The molecule has 13 heavy (non-hydrogen) atoms. The normalized spacial score (nSPS) is 27.1. The molecule has 0 aromatic rings. The molecule has 0 aromatic carbocycles. The summed E-state index contributed by atoms with van der Waals surface area (Å²) < 4.78 is 35.1. The molecule has 6 heteroatoms. The summed E-state index contributed by atoms with van der Waals surface area (Å²) in [6, 6.07) is 0. The van der Waals surface area contributed by atoms with Gasteiger partial charge in [-0.3, -0.25) is 4.55 Å². The van der Waals surface area contributed by atoms with Gasteiger partial charge in [0.05, 0.1) is 18.5 Å². The van der Waals surface area contributed by atoms with Gasteiger partial charge >= 0.3 is 0 Å². The number of rotatable bonds is 3. The number of hydrogen-bond acceptors (Lipinski definition) is 4. The van der Waals surface area contributed by atoms with E-state index in [9.17, 15) is 8.42 Å². The standard InChI is InChI=1S/C7H15NO4S/c1-6(5-13(9,10)11)7-4-8-2-3-12-7/h6-8H,2-5H2,1H3,(H,9,10,11). The first kappa shape index (κ1) is 10.9. The van der Waals surface area contributed by atoms with Crippen LogP contribution in [0.25, 0.3) is 0 Å². The summed E-state index contributed by atoms with van der Waals surface area (Å²) in [5.74, 6) is -0.415. The Kier molecular flexibility index (Phi) is 3.66. The molecule has 1 aliphatic rings. The van der Waals surface area contributed by atoms with E-state index in [1.54, 1.807) is 6.92 Å². The van der Waals surface area contributed by atoms with Gasteiger partial charge in [-0.25, -0.2) is 0 Å². The Hall–Kier alpha value is -0.170. The Bertz CT molecular complexity index is 245. The third-order valence-electron chi connectivity index (χ3n) is 2.06. The maximum Gasteiger partial charge on any atom is 0.265 e. The topological polar surface area (TPSA) is 75.6 Å². The van der Waals surface area contributed by atoms with E-state index in [2.05, 4.69) is 5.32 Å². The Balaban J connectivity index is 2.42. The van der Waals surface area contributed by atoms with Crippen LogP contribution in [0.1, 0.15) is 6.92 Å². The minimum atomic E-state index is -3.88. The lowest BCUT2D eigenvalue weighted by Gasteiger charge is -2.27. The lowest BCUT2D eigenvalue weighted by Crippen LogP contribution is -2.43. The molecule has 0 aromatic heterocycles. The Morgan fingerprint density at radius 2 is 2.38 bits per heavy atom. The summed E-state index contributed by atoms with van der Waals surface area (Å²) >= 11 is 0. The highest BCUT2D eigenvalue weighted by Gasteiger charge is 2.24. The molecule has 0 aliphatic carbocycles. The molecular formula is C7H15NO4S. The van der Waals surface area contributed by atoms with Crippen LogP contribution >= 0.6 is 0 Å². The van der Waals surface area contributed by atoms with Crippen molar-refractivity contribution in [3.63, 3.8) is 0 Å². The van der Waals surface area contributed by atoms with Crippen LogP contribution in [0.4, 0.5) is 0 Å². The van der Waals surface area contributed by atoms with Crippen LogP contribution in [0, 0.1) is 5.92 Å². The van der Waals surface area contributed by atoms with Crippen molar-refractivity contribution in [1.82, 2.24) is 5.32 Å². The van der Waals surface area contributed by atoms with E-state index in [0.717, 1.165) is 6.54 Å². The largest absolute Gasteiger partial charge is 0.375 e. The molecule has 1 heterocycles. The van der Waals surface area contributed by atoms with Gasteiger partial charge in [0, 0.05) is 13.1 Å². The number of ether oxygens (including phenoxy) is 1. The van der Waals surface area contributed by atoms with E-state index < -0.39 is 10.1 Å². The molecular weight excluding hydrogens is 194 g/mol. The fraction of sp³-hybridized carbons (Fsp3) is 1.00. The van der Waals surface area contributed by atoms with Crippen molar-refractivity contribution in [3.8, 4) is 0 Å². The molecule has 1 saturated heterocycles. The summed E-state index contributed by atoms with van der Waals surface area (Å²) in [5, 5.41) is 3.10. The van der Waals surface area contributed by atoms with Crippen LogP contribution < -0.4 is 5.32 Å². The van der Waals surface area contributed by atoms with Crippen molar-refractivity contribution >= 4 is 10.1 Å².